The van der Waals surface area contributed by atoms with Crippen LogP contribution in [0.2, 0.25) is 5.02 Å². The number of halogens is 5. The van der Waals surface area contributed by atoms with Gasteiger partial charge in [-0.2, -0.15) is 5.10 Å². The van der Waals surface area contributed by atoms with E-state index in [2.05, 4.69) is 5.10 Å². The molecule has 0 amide bonds. The molecule has 4 nitrogen and oxygen atoms in total. The number of alkyl halides is 2. The number of rotatable bonds is 4. The van der Waals surface area contributed by atoms with Crippen LogP contribution in [-0.2, 0) is 9.84 Å². The first-order valence-electron chi connectivity index (χ1n) is 7.83. The number of hydrogen-bond donors (Lipinski definition) is 0. The minimum absolute atomic E-state index is 0.140. The van der Waals surface area contributed by atoms with E-state index >= 15 is 0 Å². The smallest absolute Gasteiger partial charge is 0.232 e. The Kier molecular flexibility index (Phi) is 5.24. The fourth-order valence-corrected chi connectivity index (χ4v) is 3.68. The van der Waals surface area contributed by atoms with Crippen LogP contribution in [0.1, 0.15) is 17.7 Å². The average molecular weight is 433 g/mol. The van der Waals surface area contributed by atoms with Gasteiger partial charge in [-0.15, -0.1) is 0 Å². The van der Waals surface area contributed by atoms with E-state index in [0.29, 0.717) is 22.4 Å². The van der Waals surface area contributed by atoms with Crippen LogP contribution >= 0.6 is 11.6 Å². The van der Waals surface area contributed by atoms with Crippen molar-refractivity contribution < 1.29 is 26.0 Å². The number of hydrogen-bond acceptors (Lipinski definition) is 3. The largest absolute Gasteiger partial charge is 0.282 e. The molecule has 0 aliphatic heterocycles. The van der Waals surface area contributed by atoms with E-state index in [0.717, 1.165) is 22.9 Å². The number of nitrogens with zero attached hydrogens (tertiary/aromatic N) is 2. The monoisotopic (exact) mass is 432 g/mol. The molecule has 3 aromatic rings. The Bertz CT molecular complexity index is 1150. The van der Waals surface area contributed by atoms with E-state index in [4.69, 9.17) is 11.6 Å². The molecule has 0 aliphatic carbocycles. The van der Waals surface area contributed by atoms with Gasteiger partial charge in [-0.25, -0.2) is 30.7 Å². The lowest BCUT2D eigenvalue weighted by Crippen LogP contribution is -2.08. The average Bonchev–Trinajstić information content (AvgIpc) is 3.01. The summed E-state index contributed by atoms with van der Waals surface area (Å²) in [6.07, 6.45) is -2.25. The van der Waals surface area contributed by atoms with Crippen molar-refractivity contribution in [3.63, 3.8) is 0 Å². The lowest BCUT2D eigenvalue weighted by atomic mass is 10.1. The molecule has 148 valence electrons. The number of sulfone groups is 1. The van der Waals surface area contributed by atoms with Gasteiger partial charge in [0.2, 0.25) is 0 Å². The first-order valence-corrected chi connectivity index (χ1v) is 10.1. The van der Waals surface area contributed by atoms with Gasteiger partial charge in [0.15, 0.2) is 9.84 Å². The Hall–Kier alpha value is -2.39. The van der Waals surface area contributed by atoms with Gasteiger partial charge in [-0.3, -0.25) is 0 Å². The van der Waals surface area contributed by atoms with Crippen molar-refractivity contribution in [3.05, 3.63) is 64.3 Å². The quantitative estimate of drug-likeness (QED) is 0.538. The van der Waals surface area contributed by atoms with Crippen molar-refractivity contribution in [2.24, 2.45) is 0 Å². The van der Waals surface area contributed by atoms with E-state index in [9.17, 15) is 26.0 Å². The van der Waals surface area contributed by atoms with Gasteiger partial charge in [0.1, 0.15) is 22.2 Å². The van der Waals surface area contributed by atoms with Gasteiger partial charge in [0, 0.05) is 29.0 Å². The highest BCUT2D eigenvalue weighted by Gasteiger charge is 2.24. The molecular formula is C18H13ClF4N2O2S. The van der Waals surface area contributed by atoms with E-state index in [1.165, 1.54) is 0 Å². The normalized spacial score (nSPS) is 12.0. The fraction of sp³-hybridized carbons (Fsp3) is 0.167. The summed E-state index contributed by atoms with van der Waals surface area (Å²) in [5, 5.41) is 4.19. The van der Waals surface area contributed by atoms with E-state index in [1.54, 1.807) is 25.1 Å². The topological polar surface area (TPSA) is 52.0 Å². The molecule has 0 unspecified atom stereocenters. The Morgan fingerprint density at radius 3 is 2.18 bits per heavy atom. The van der Waals surface area contributed by atoms with Gasteiger partial charge in [0.05, 0.1) is 11.4 Å². The maximum atomic E-state index is 14.3. The van der Waals surface area contributed by atoms with E-state index < -0.39 is 38.5 Å². The molecule has 1 aromatic heterocycles. The molecule has 0 radical (unpaired) electrons. The summed E-state index contributed by atoms with van der Waals surface area (Å²) < 4.78 is 79.0. The third kappa shape index (κ3) is 3.77. The highest BCUT2D eigenvalue weighted by atomic mass is 35.5. The summed E-state index contributed by atoms with van der Waals surface area (Å²) in [4.78, 5) is -1.10. The van der Waals surface area contributed by atoms with Crippen molar-refractivity contribution in [1.82, 2.24) is 9.78 Å². The number of aromatic nitrogens is 2. The van der Waals surface area contributed by atoms with E-state index in [-0.39, 0.29) is 11.4 Å². The number of aryl methyl sites for hydroxylation is 1. The van der Waals surface area contributed by atoms with Crippen molar-refractivity contribution >= 4 is 21.4 Å². The van der Waals surface area contributed by atoms with Crippen LogP contribution in [0.3, 0.4) is 0 Å². The molecule has 0 saturated heterocycles. The lowest BCUT2D eigenvalue weighted by molar-refractivity contribution is 0.145. The van der Waals surface area contributed by atoms with Crippen molar-refractivity contribution in [1.29, 1.82) is 0 Å². The summed E-state index contributed by atoms with van der Waals surface area (Å²) in [5.74, 6) is -2.69. The zero-order valence-corrected chi connectivity index (χ0v) is 16.1. The van der Waals surface area contributed by atoms with Crippen LogP contribution in [0.15, 0.2) is 41.3 Å². The Morgan fingerprint density at radius 2 is 1.68 bits per heavy atom. The zero-order chi connectivity index (χ0) is 20.8. The zero-order valence-electron chi connectivity index (χ0n) is 14.6. The van der Waals surface area contributed by atoms with Gasteiger partial charge in [-0.05, 0) is 30.7 Å². The summed E-state index contributed by atoms with van der Waals surface area (Å²) in [6, 6.07) is 7.27. The van der Waals surface area contributed by atoms with Crippen LogP contribution in [0.4, 0.5) is 17.6 Å². The molecule has 1 heterocycles. The third-order valence-electron chi connectivity index (χ3n) is 4.00. The lowest BCUT2D eigenvalue weighted by Gasteiger charge is -2.11. The highest BCUT2D eigenvalue weighted by molar-refractivity contribution is 7.90. The molecule has 0 fully saturated rings. The van der Waals surface area contributed by atoms with Crippen molar-refractivity contribution in [2.45, 2.75) is 18.2 Å². The first kappa shape index (κ1) is 20.3. The molecule has 10 heteroatoms. The Morgan fingerprint density at radius 1 is 1.07 bits per heavy atom. The predicted molar refractivity (Wildman–Crippen MR) is 96.7 cm³/mol. The number of benzene rings is 2. The molecule has 0 atom stereocenters. The summed E-state index contributed by atoms with van der Waals surface area (Å²) in [6.45, 7) is 1.71. The second-order valence-corrected chi connectivity index (χ2v) is 8.50. The van der Waals surface area contributed by atoms with Crippen LogP contribution in [0, 0.1) is 18.6 Å². The molecule has 0 saturated carbocycles. The fourth-order valence-electron chi connectivity index (χ4n) is 2.74. The Balaban J connectivity index is 2.26. The first-order chi connectivity index (χ1) is 13.0. The SMILES string of the molecule is Cc1cc(-c2cc(C(F)F)nn2-c2cc(F)c(S(C)(=O)=O)c(F)c2)ccc1Cl. The predicted octanol–water partition coefficient (Wildman–Crippen LogP) is 5.12. The van der Waals surface area contributed by atoms with Crippen molar-refractivity contribution in [3.8, 4) is 16.9 Å². The Labute approximate surface area is 163 Å². The molecule has 0 spiro atoms. The third-order valence-corrected chi connectivity index (χ3v) is 5.56. The molecule has 28 heavy (non-hydrogen) atoms. The molecule has 0 aliphatic rings. The van der Waals surface area contributed by atoms with E-state index in [1.807, 2.05) is 0 Å². The standard InChI is InChI=1S/C18H13ClF4N2O2S/c1-9-5-10(3-4-12(9)19)16-8-15(18(22)23)24-25(16)11-6-13(20)17(14(21)7-11)28(2,26)27/h3-8,18H,1-2H3. The van der Waals surface area contributed by atoms with Crippen LogP contribution in [0.5, 0.6) is 0 Å². The molecule has 2 aromatic carbocycles. The summed E-state index contributed by atoms with van der Waals surface area (Å²) in [5.41, 5.74) is 0.401. The van der Waals surface area contributed by atoms with Crippen LogP contribution in [-0.4, -0.2) is 24.5 Å². The molecule has 0 bridgehead atoms. The van der Waals surface area contributed by atoms with Gasteiger partial charge < -0.3 is 0 Å². The van der Waals surface area contributed by atoms with Gasteiger partial charge in [-0.1, -0.05) is 17.7 Å². The second-order valence-electron chi connectivity index (χ2n) is 6.14. The van der Waals surface area contributed by atoms with Crippen molar-refractivity contribution in [2.75, 3.05) is 6.26 Å². The minimum atomic E-state index is -4.16. The molecule has 0 N–H and O–H groups in total. The van der Waals surface area contributed by atoms with Crippen LogP contribution in [0.25, 0.3) is 16.9 Å². The summed E-state index contributed by atoms with van der Waals surface area (Å²) in [7, 11) is -4.16. The second kappa shape index (κ2) is 7.21. The molecular weight excluding hydrogens is 420 g/mol. The maximum Gasteiger partial charge on any atom is 0.282 e. The maximum absolute atomic E-state index is 14.3. The minimum Gasteiger partial charge on any atom is -0.232 e. The summed E-state index contributed by atoms with van der Waals surface area (Å²) >= 11 is 5.98. The highest BCUT2D eigenvalue weighted by Crippen LogP contribution is 2.32. The van der Waals surface area contributed by atoms with Gasteiger partial charge in [0.25, 0.3) is 6.43 Å². The van der Waals surface area contributed by atoms with Crippen LogP contribution < -0.4 is 0 Å². The molecule has 3 rings (SSSR count). The van der Waals surface area contributed by atoms with Gasteiger partial charge >= 0.3 is 0 Å².